The first-order valence-electron chi connectivity index (χ1n) is 12.8. The second-order valence-corrected chi connectivity index (χ2v) is 10.8. The molecule has 0 aliphatic carbocycles. The fourth-order valence-corrected chi connectivity index (χ4v) is 5.23. The zero-order valence-electron chi connectivity index (χ0n) is 21.9. The highest BCUT2D eigenvalue weighted by Crippen LogP contribution is 2.35. The number of nitrogens with zero attached hydrogens (tertiary/aromatic N) is 2. The number of thioether (sulfide) groups is 1. The predicted octanol–water partition coefficient (Wildman–Crippen LogP) is 6.20. The average Bonchev–Trinajstić information content (AvgIpc) is 3.49. The van der Waals surface area contributed by atoms with E-state index >= 15 is 0 Å². The van der Waals surface area contributed by atoms with Gasteiger partial charge in [0.05, 0.1) is 34.7 Å². The molecular weight excluding hydrogens is 577 g/mol. The van der Waals surface area contributed by atoms with E-state index in [0.717, 1.165) is 55.5 Å². The Morgan fingerprint density at radius 3 is 2.56 bits per heavy atom. The Labute approximate surface area is 244 Å². The van der Waals surface area contributed by atoms with E-state index in [-0.39, 0.29) is 23.4 Å². The lowest BCUT2D eigenvalue weighted by atomic mass is 10.1. The maximum absolute atomic E-state index is 13.2. The summed E-state index contributed by atoms with van der Waals surface area (Å²) in [5, 5.41) is 15.2. The Kier molecular flexibility index (Phi) is 10.3. The van der Waals surface area contributed by atoms with Crippen molar-refractivity contribution in [3.05, 3.63) is 93.5 Å². The van der Waals surface area contributed by atoms with Gasteiger partial charge in [0.15, 0.2) is 0 Å². The van der Waals surface area contributed by atoms with Crippen LogP contribution in [0.3, 0.4) is 0 Å². The van der Waals surface area contributed by atoms with E-state index in [1.807, 2.05) is 12.1 Å². The minimum Gasteiger partial charge on any atom is -0.396 e. The number of amides is 2. The number of anilines is 2. The molecule has 1 heterocycles. The number of nitrogens with one attached hydrogen (secondary N) is 2. The summed E-state index contributed by atoms with van der Waals surface area (Å²) in [6.07, 6.45) is -1.49. The molecule has 0 saturated carbocycles. The van der Waals surface area contributed by atoms with Crippen molar-refractivity contribution in [3.63, 3.8) is 0 Å². The highest BCUT2D eigenvalue weighted by atomic mass is 35.5. The number of hydrogen-bond acceptors (Lipinski definition) is 6. The van der Waals surface area contributed by atoms with Crippen molar-refractivity contribution in [1.82, 2.24) is 5.43 Å². The van der Waals surface area contributed by atoms with Gasteiger partial charge in [-0.1, -0.05) is 29.8 Å². The standard InChI is InChI=1S/C29H28ClF3N4O3S/c30-25-8-6-19(15-24(25)29(31,32)33)17-34-36-28(40)23-16-22(37-10-1-2-11-37)7-9-26(23)35-27(39)21-5-3-4-20(14-21)18-41-13-12-38/h3-9,14-17,38H,1-2,10-13,18H2,(H,35,39)(H,36,40)/b34-17-. The molecule has 0 aromatic heterocycles. The number of benzene rings is 3. The summed E-state index contributed by atoms with van der Waals surface area (Å²) in [6.45, 7) is 1.75. The zero-order valence-corrected chi connectivity index (χ0v) is 23.5. The zero-order chi connectivity index (χ0) is 29.4. The number of carbonyl (C=O) groups excluding carboxylic acids is 2. The topological polar surface area (TPSA) is 94.0 Å². The molecule has 0 atom stereocenters. The van der Waals surface area contributed by atoms with Crippen LogP contribution in [0.1, 0.15) is 50.2 Å². The molecule has 0 spiro atoms. The molecule has 2 amide bonds. The average molecular weight is 605 g/mol. The van der Waals surface area contributed by atoms with Crippen LogP contribution in [0.5, 0.6) is 0 Å². The number of halogens is 4. The molecule has 1 fully saturated rings. The SMILES string of the molecule is O=C(Nc1ccc(N2CCCC2)cc1C(=O)N/N=C\c1ccc(Cl)c(C(F)(F)F)c1)c1cccc(CSCCO)c1. The third kappa shape index (κ3) is 8.25. The van der Waals surface area contributed by atoms with Crippen LogP contribution < -0.4 is 15.6 Å². The van der Waals surface area contributed by atoms with E-state index < -0.39 is 28.6 Å². The second kappa shape index (κ2) is 13.9. The number of rotatable bonds is 10. The fourth-order valence-electron chi connectivity index (χ4n) is 4.32. The van der Waals surface area contributed by atoms with Gasteiger partial charge < -0.3 is 15.3 Å². The van der Waals surface area contributed by atoms with E-state index in [1.165, 1.54) is 6.07 Å². The van der Waals surface area contributed by atoms with Crippen LogP contribution in [0.2, 0.25) is 5.02 Å². The van der Waals surface area contributed by atoms with Crippen molar-refractivity contribution in [1.29, 1.82) is 0 Å². The minimum absolute atomic E-state index is 0.0709. The summed E-state index contributed by atoms with van der Waals surface area (Å²) in [5.74, 6) is 0.168. The Morgan fingerprint density at radius 1 is 1.05 bits per heavy atom. The van der Waals surface area contributed by atoms with Gasteiger partial charge in [0, 0.05) is 35.8 Å². The maximum atomic E-state index is 13.2. The van der Waals surface area contributed by atoms with Gasteiger partial charge in [-0.05, 0) is 66.4 Å². The number of hydrogen-bond donors (Lipinski definition) is 3. The number of carbonyl (C=O) groups is 2. The lowest BCUT2D eigenvalue weighted by Gasteiger charge is -2.20. The highest BCUT2D eigenvalue weighted by Gasteiger charge is 2.33. The molecule has 216 valence electrons. The molecule has 41 heavy (non-hydrogen) atoms. The molecule has 1 aliphatic rings. The van der Waals surface area contributed by atoms with Gasteiger partial charge in [-0.2, -0.15) is 30.0 Å². The number of aliphatic hydroxyl groups excluding tert-OH is 1. The van der Waals surface area contributed by atoms with Gasteiger partial charge in [-0.3, -0.25) is 9.59 Å². The molecule has 3 aromatic carbocycles. The monoisotopic (exact) mass is 604 g/mol. The molecule has 4 rings (SSSR count). The summed E-state index contributed by atoms with van der Waals surface area (Å²) in [6, 6.07) is 15.5. The molecule has 1 saturated heterocycles. The largest absolute Gasteiger partial charge is 0.417 e. The van der Waals surface area contributed by atoms with E-state index in [9.17, 15) is 22.8 Å². The van der Waals surface area contributed by atoms with Crippen LogP contribution in [0.4, 0.5) is 24.5 Å². The molecular formula is C29H28ClF3N4O3S. The Hall–Kier alpha value is -3.54. The Balaban J connectivity index is 1.54. The van der Waals surface area contributed by atoms with E-state index in [1.54, 1.807) is 42.1 Å². The van der Waals surface area contributed by atoms with Gasteiger partial charge in [-0.25, -0.2) is 5.43 Å². The van der Waals surface area contributed by atoms with Gasteiger partial charge >= 0.3 is 6.18 Å². The summed E-state index contributed by atoms with van der Waals surface area (Å²) >= 11 is 7.22. The Morgan fingerprint density at radius 2 is 1.83 bits per heavy atom. The summed E-state index contributed by atoms with van der Waals surface area (Å²) in [5.41, 5.74) is 3.99. The normalized spacial score (nSPS) is 13.5. The van der Waals surface area contributed by atoms with Crippen LogP contribution in [-0.2, 0) is 11.9 Å². The van der Waals surface area contributed by atoms with Gasteiger partial charge in [-0.15, -0.1) is 0 Å². The quantitative estimate of drug-likeness (QED) is 0.146. The first kappa shape index (κ1) is 30.4. The lowest BCUT2D eigenvalue weighted by molar-refractivity contribution is -0.137. The number of aliphatic hydroxyl groups is 1. The van der Waals surface area contributed by atoms with Gasteiger partial charge in [0.2, 0.25) is 0 Å². The molecule has 12 heteroatoms. The van der Waals surface area contributed by atoms with Crippen LogP contribution in [0, 0.1) is 0 Å². The van der Waals surface area contributed by atoms with Crippen molar-refractivity contribution in [2.45, 2.75) is 24.8 Å². The molecule has 0 unspecified atom stereocenters. The molecule has 0 radical (unpaired) electrons. The highest BCUT2D eigenvalue weighted by molar-refractivity contribution is 7.98. The molecule has 7 nitrogen and oxygen atoms in total. The molecule has 3 N–H and O–H groups in total. The molecule has 3 aromatic rings. The lowest BCUT2D eigenvalue weighted by Crippen LogP contribution is -2.23. The molecule has 1 aliphatic heterocycles. The first-order chi connectivity index (χ1) is 19.7. The Bertz CT molecular complexity index is 1430. The molecule has 0 bridgehead atoms. The first-order valence-corrected chi connectivity index (χ1v) is 14.4. The second-order valence-electron chi connectivity index (χ2n) is 9.29. The minimum atomic E-state index is -4.63. The smallest absolute Gasteiger partial charge is 0.396 e. The van der Waals surface area contributed by atoms with Crippen LogP contribution in [-0.4, -0.2) is 48.6 Å². The van der Waals surface area contributed by atoms with E-state index in [2.05, 4.69) is 20.7 Å². The van der Waals surface area contributed by atoms with Crippen LogP contribution >= 0.6 is 23.4 Å². The maximum Gasteiger partial charge on any atom is 0.417 e. The summed E-state index contributed by atoms with van der Waals surface area (Å²) in [7, 11) is 0. The van der Waals surface area contributed by atoms with Crippen molar-refractivity contribution < 1.29 is 27.9 Å². The third-order valence-electron chi connectivity index (χ3n) is 6.34. The summed E-state index contributed by atoms with van der Waals surface area (Å²) < 4.78 is 39.5. The van der Waals surface area contributed by atoms with Crippen molar-refractivity contribution in [2.75, 3.05) is 35.7 Å². The van der Waals surface area contributed by atoms with Crippen molar-refractivity contribution >= 4 is 52.8 Å². The summed E-state index contributed by atoms with van der Waals surface area (Å²) in [4.78, 5) is 28.5. The van der Waals surface area contributed by atoms with Crippen molar-refractivity contribution in [2.24, 2.45) is 5.10 Å². The van der Waals surface area contributed by atoms with Crippen LogP contribution in [0.15, 0.2) is 65.8 Å². The van der Waals surface area contributed by atoms with Gasteiger partial charge in [0.1, 0.15) is 0 Å². The number of hydrazone groups is 1. The van der Waals surface area contributed by atoms with Crippen molar-refractivity contribution in [3.8, 4) is 0 Å². The number of alkyl halides is 3. The van der Waals surface area contributed by atoms with Crippen LogP contribution in [0.25, 0.3) is 0 Å². The fraction of sp³-hybridized carbons (Fsp3) is 0.276. The predicted molar refractivity (Wildman–Crippen MR) is 157 cm³/mol. The van der Waals surface area contributed by atoms with E-state index in [0.29, 0.717) is 17.1 Å². The third-order valence-corrected chi connectivity index (χ3v) is 7.67. The van der Waals surface area contributed by atoms with E-state index in [4.69, 9.17) is 16.7 Å². The van der Waals surface area contributed by atoms with Gasteiger partial charge in [0.25, 0.3) is 11.8 Å².